The van der Waals surface area contributed by atoms with Crippen LogP contribution in [0, 0.1) is 3.82 Å². The molecule has 0 radical (unpaired) electrons. The molecule has 9 heteroatoms. The van der Waals surface area contributed by atoms with E-state index in [-0.39, 0.29) is 104 Å². The summed E-state index contributed by atoms with van der Waals surface area (Å²) in [5, 5.41) is 17.2. The van der Waals surface area contributed by atoms with Gasteiger partial charge in [0.05, 0.1) is 0 Å². The van der Waals surface area contributed by atoms with Crippen LogP contribution < -0.4 is 88.7 Å². The van der Waals surface area contributed by atoms with Gasteiger partial charge in [-0.1, -0.05) is 12.2 Å². The van der Waals surface area contributed by atoms with Crippen molar-refractivity contribution in [3.8, 4) is 5.88 Å². The molecule has 1 aromatic rings. The van der Waals surface area contributed by atoms with E-state index in [9.17, 15) is 4.79 Å². The van der Waals surface area contributed by atoms with Gasteiger partial charge in [-0.15, -0.1) is 0 Å². The minimum Gasteiger partial charge on any atom is -0.493 e. The summed E-state index contributed by atoms with van der Waals surface area (Å²) < 4.78 is 2.49. The molecule has 0 aliphatic carbocycles. The van der Waals surface area contributed by atoms with Gasteiger partial charge in [-0.3, -0.25) is 4.37 Å². The molecular formula is C4H3NNa3O3S2+3. The molecule has 4 nitrogen and oxygen atoms in total. The summed E-state index contributed by atoms with van der Waals surface area (Å²) in [5.41, 5.74) is -0.222. The monoisotopic (exact) mass is 246 g/mol. The molecule has 54 valence electrons. The zero-order chi connectivity index (χ0) is 7.72. The van der Waals surface area contributed by atoms with E-state index in [1.54, 1.807) is 0 Å². The molecule has 0 aliphatic heterocycles. The van der Waals surface area contributed by atoms with E-state index < -0.39 is 5.97 Å². The molecule has 0 atom stereocenters. The maximum absolute atomic E-state index is 10.3. The standard InChI is InChI=1S/C4H3NO3S2.3Na/c6-2-1(3(7)8)4(9)10-5-2;;;/h5-6H,(H,7,8);;;/q;3*+1. The van der Waals surface area contributed by atoms with Gasteiger partial charge < -0.3 is 10.2 Å². The number of hydrogen-bond donors (Lipinski definition) is 3. The van der Waals surface area contributed by atoms with E-state index in [1.165, 1.54) is 0 Å². The van der Waals surface area contributed by atoms with Crippen molar-refractivity contribution in [2.75, 3.05) is 0 Å². The molecule has 3 N–H and O–H groups in total. The van der Waals surface area contributed by atoms with Gasteiger partial charge in [-0.2, -0.15) is 0 Å². The minimum atomic E-state index is -1.21. The third-order valence-corrected chi connectivity index (χ3v) is 2.03. The number of aromatic amines is 1. The Kier molecular flexibility index (Phi) is 14.8. The first-order valence-corrected chi connectivity index (χ1v) is 3.49. The van der Waals surface area contributed by atoms with Crippen molar-refractivity contribution < 1.29 is 104 Å². The summed E-state index contributed by atoms with van der Waals surface area (Å²) in [6, 6.07) is 0. The molecule has 0 spiro atoms. The molecule has 0 aliphatic rings. The largest absolute Gasteiger partial charge is 1.00 e. The number of aromatic carboxylic acids is 1. The average Bonchev–Trinajstić information content (AvgIpc) is 2.11. The number of hydrogen-bond acceptors (Lipinski definition) is 4. The van der Waals surface area contributed by atoms with Crippen LogP contribution in [0.1, 0.15) is 10.4 Å². The first-order chi connectivity index (χ1) is 4.63. The zero-order valence-electron chi connectivity index (χ0n) is 7.62. The summed E-state index contributed by atoms with van der Waals surface area (Å²) in [6.07, 6.45) is 0. The second-order valence-electron chi connectivity index (χ2n) is 1.52. The van der Waals surface area contributed by atoms with E-state index in [4.69, 9.17) is 10.2 Å². The molecule has 0 fully saturated rings. The number of H-pyrrole nitrogens is 1. The molecule has 0 saturated heterocycles. The Labute approximate surface area is 150 Å². The van der Waals surface area contributed by atoms with Gasteiger partial charge in [0.2, 0.25) is 5.88 Å². The van der Waals surface area contributed by atoms with Crippen molar-refractivity contribution in [3.05, 3.63) is 9.39 Å². The van der Waals surface area contributed by atoms with Crippen LogP contribution in [0.4, 0.5) is 0 Å². The van der Waals surface area contributed by atoms with Gasteiger partial charge in [-0.25, -0.2) is 4.79 Å². The van der Waals surface area contributed by atoms with Crippen LogP contribution in [0.3, 0.4) is 0 Å². The van der Waals surface area contributed by atoms with Crippen LogP contribution in [0.2, 0.25) is 0 Å². The molecule has 0 bridgehead atoms. The van der Waals surface area contributed by atoms with Crippen molar-refractivity contribution in [1.29, 1.82) is 0 Å². The second kappa shape index (κ2) is 9.35. The van der Waals surface area contributed by atoms with Crippen LogP contribution in [0.5, 0.6) is 5.88 Å². The quantitative estimate of drug-likeness (QED) is 0.340. The molecule has 1 aromatic heterocycles. The van der Waals surface area contributed by atoms with Gasteiger partial charge in [-0.05, 0) is 11.5 Å². The first-order valence-electron chi connectivity index (χ1n) is 2.26. The molecular weight excluding hydrogens is 243 g/mol. The molecule has 1 heterocycles. The summed E-state index contributed by atoms with van der Waals surface area (Å²) in [7, 11) is 0. The van der Waals surface area contributed by atoms with Crippen molar-refractivity contribution in [2.45, 2.75) is 0 Å². The fourth-order valence-electron chi connectivity index (χ4n) is 0.482. The van der Waals surface area contributed by atoms with Gasteiger partial charge in [0.1, 0.15) is 9.39 Å². The van der Waals surface area contributed by atoms with Crippen molar-refractivity contribution in [2.24, 2.45) is 0 Å². The average molecular weight is 246 g/mol. The number of carboxylic acid groups (broad SMARTS) is 1. The number of aromatic nitrogens is 1. The van der Waals surface area contributed by atoms with Crippen LogP contribution >= 0.6 is 23.8 Å². The molecule has 0 amide bonds. The van der Waals surface area contributed by atoms with Gasteiger partial charge in [0.25, 0.3) is 0 Å². The first kappa shape index (κ1) is 20.5. The third kappa shape index (κ3) is 5.67. The van der Waals surface area contributed by atoms with Crippen LogP contribution in [0.15, 0.2) is 0 Å². The Bertz CT molecular complexity index is 323. The van der Waals surface area contributed by atoms with E-state index >= 15 is 0 Å². The van der Waals surface area contributed by atoms with Gasteiger partial charge in [0, 0.05) is 0 Å². The van der Waals surface area contributed by atoms with E-state index in [2.05, 4.69) is 16.6 Å². The smallest absolute Gasteiger partial charge is 0.493 e. The number of carboxylic acids is 1. The van der Waals surface area contributed by atoms with E-state index in [0.29, 0.717) is 0 Å². The third-order valence-electron chi connectivity index (χ3n) is 0.895. The number of nitrogens with one attached hydrogen (secondary N) is 1. The van der Waals surface area contributed by atoms with Crippen LogP contribution in [0.25, 0.3) is 0 Å². The molecule has 1 rings (SSSR count). The number of carbonyl (C=O) groups is 1. The van der Waals surface area contributed by atoms with Crippen LogP contribution in [-0.2, 0) is 0 Å². The number of rotatable bonds is 1. The second-order valence-corrected chi connectivity index (χ2v) is 3.00. The fourth-order valence-corrected chi connectivity index (χ4v) is 1.37. The predicted octanol–water partition coefficient (Wildman–Crippen LogP) is -7.78. The molecule has 0 unspecified atom stereocenters. The Morgan fingerprint density at radius 1 is 1.38 bits per heavy atom. The number of aromatic hydroxyl groups is 1. The van der Waals surface area contributed by atoms with Crippen molar-refractivity contribution in [1.82, 2.24) is 4.37 Å². The Morgan fingerprint density at radius 3 is 2.00 bits per heavy atom. The summed E-state index contributed by atoms with van der Waals surface area (Å²) in [6.45, 7) is 0. The van der Waals surface area contributed by atoms with Gasteiger partial charge in [0.15, 0.2) is 0 Å². The maximum atomic E-state index is 10.3. The Balaban J connectivity index is -0.000000333. The summed E-state index contributed by atoms with van der Waals surface area (Å²) in [4.78, 5) is 10.3. The summed E-state index contributed by atoms with van der Waals surface area (Å²) >= 11 is 5.51. The van der Waals surface area contributed by atoms with E-state index in [1.807, 2.05) is 0 Å². The maximum Gasteiger partial charge on any atom is 1.00 e. The Hall–Kier alpha value is 2.12. The van der Waals surface area contributed by atoms with Crippen molar-refractivity contribution in [3.63, 3.8) is 0 Å². The predicted molar refractivity (Wildman–Crippen MR) is 38.1 cm³/mol. The van der Waals surface area contributed by atoms with Gasteiger partial charge >= 0.3 is 94.6 Å². The van der Waals surface area contributed by atoms with Crippen molar-refractivity contribution >= 4 is 29.7 Å². The molecule has 13 heavy (non-hydrogen) atoms. The minimum absolute atomic E-state index is 0. The fraction of sp³-hybridized carbons (Fsp3) is 0. The van der Waals surface area contributed by atoms with Crippen LogP contribution in [-0.4, -0.2) is 20.6 Å². The SMILES string of the molecule is O=C(O)c1c(O)[nH]sc1=S.[Na+].[Na+].[Na+]. The normalized spacial score (nSPS) is 7.38. The van der Waals surface area contributed by atoms with E-state index in [0.717, 1.165) is 11.5 Å². The zero-order valence-corrected chi connectivity index (χ0v) is 15.3. The molecule has 0 saturated carbocycles. The molecule has 0 aromatic carbocycles. The topological polar surface area (TPSA) is 73.3 Å². The Morgan fingerprint density at radius 2 is 1.85 bits per heavy atom. The summed E-state index contributed by atoms with van der Waals surface area (Å²) in [5.74, 6) is -1.58.